The standard InChI is InChI=1S/C22H34N4O2/c1-23-22(24-13-5-9-17-6-2-3-7-17)25-15-18-8-4-10-20(14-18)28-16-21(27)26-19-11-12-19/h4,8,10,14,17,19H,2-3,5-7,9,11-13,15-16H2,1H3,(H,26,27)(H2,23,24,25). The molecule has 154 valence electrons. The van der Waals surface area contributed by atoms with E-state index in [1.165, 1.54) is 38.5 Å². The van der Waals surface area contributed by atoms with E-state index in [1.807, 2.05) is 24.3 Å². The number of nitrogens with one attached hydrogen (secondary N) is 3. The molecule has 2 saturated carbocycles. The molecule has 0 unspecified atom stereocenters. The quantitative estimate of drug-likeness (QED) is 0.328. The lowest BCUT2D eigenvalue weighted by atomic mass is 10.0. The Morgan fingerprint density at radius 1 is 1.18 bits per heavy atom. The molecule has 2 aliphatic rings. The van der Waals surface area contributed by atoms with Gasteiger partial charge in [0.25, 0.3) is 5.91 Å². The molecule has 0 radical (unpaired) electrons. The third kappa shape index (κ3) is 7.41. The molecular formula is C22H34N4O2. The van der Waals surface area contributed by atoms with Gasteiger partial charge in [-0.1, -0.05) is 37.8 Å². The Kier molecular flexibility index (Phi) is 8.00. The van der Waals surface area contributed by atoms with Gasteiger partial charge in [0, 0.05) is 26.2 Å². The molecule has 3 N–H and O–H groups in total. The van der Waals surface area contributed by atoms with Gasteiger partial charge < -0.3 is 20.7 Å². The molecule has 3 rings (SSSR count). The molecule has 0 atom stereocenters. The fraction of sp³-hybridized carbons (Fsp3) is 0.636. The van der Waals surface area contributed by atoms with Crippen molar-refractivity contribution in [3.63, 3.8) is 0 Å². The average Bonchev–Trinajstić information content (AvgIpc) is 3.37. The molecular weight excluding hydrogens is 352 g/mol. The largest absolute Gasteiger partial charge is 0.484 e. The van der Waals surface area contributed by atoms with Gasteiger partial charge in [0.2, 0.25) is 0 Å². The predicted molar refractivity (Wildman–Crippen MR) is 112 cm³/mol. The first-order valence-electron chi connectivity index (χ1n) is 10.7. The first-order chi connectivity index (χ1) is 13.7. The number of carbonyl (C=O) groups is 1. The SMILES string of the molecule is CN=C(NCCCC1CCCC1)NCc1cccc(OCC(=O)NC2CC2)c1. The summed E-state index contributed by atoms with van der Waals surface area (Å²) in [6.07, 6.45) is 10.3. The average molecular weight is 387 g/mol. The van der Waals surface area contributed by atoms with Crippen LogP contribution in [0.1, 0.15) is 56.9 Å². The van der Waals surface area contributed by atoms with Crippen LogP contribution >= 0.6 is 0 Å². The minimum Gasteiger partial charge on any atom is -0.484 e. The second-order valence-electron chi connectivity index (χ2n) is 7.92. The highest BCUT2D eigenvalue weighted by atomic mass is 16.5. The van der Waals surface area contributed by atoms with Gasteiger partial charge in [-0.2, -0.15) is 0 Å². The normalized spacial score (nSPS) is 17.4. The van der Waals surface area contributed by atoms with Crippen LogP contribution in [0.4, 0.5) is 0 Å². The Hall–Kier alpha value is -2.24. The second kappa shape index (κ2) is 10.9. The van der Waals surface area contributed by atoms with Gasteiger partial charge >= 0.3 is 0 Å². The van der Waals surface area contributed by atoms with Crippen molar-refractivity contribution in [3.05, 3.63) is 29.8 Å². The molecule has 0 bridgehead atoms. The van der Waals surface area contributed by atoms with Crippen LogP contribution in [0.3, 0.4) is 0 Å². The molecule has 1 aromatic carbocycles. The number of nitrogens with zero attached hydrogens (tertiary/aromatic N) is 1. The highest BCUT2D eigenvalue weighted by molar-refractivity contribution is 5.79. The van der Waals surface area contributed by atoms with E-state index >= 15 is 0 Å². The van der Waals surface area contributed by atoms with Gasteiger partial charge in [-0.3, -0.25) is 9.79 Å². The van der Waals surface area contributed by atoms with Gasteiger partial charge in [0.15, 0.2) is 12.6 Å². The Labute approximate surface area is 168 Å². The number of guanidine groups is 1. The third-order valence-corrected chi connectivity index (χ3v) is 5.45. The lowest BCUT2D eigenvalue weighted by Gasteiger charge is -2.14. The van der Waals surface area contributed by atoms with Gasteiger partial charge in [0.05, 0.1) is 0 Å². The van der Waals surface area contributed by atoms with Crippen molar-refractivity contribution in [2.75, 3.05) is 20.2 Å². The van der Waals surface area contributed by atoms with Crippen molar-refractivity contribution in [1.82, 2.24) is 16.0 Å². The van der Waals surface area contributed by atoms with Crippen LogP contribution in [-0.2, 0) is 11.3 Å². The number of amides is 1. The Morgan fingerprint density at radius 2 is 2.00 bits per heavy atom. The van der Waals surface area contributed by atoms with Crippen LogP contribution in [0, 0.1) is 5.92 Å². The van der Waals surface area contributed by atoms with Crippen LogP contribution < -0.4 is 20.7 Å². The van der Waals surface area contributed by atoms with E-state index in [-0.39, 0.29) is 12.5 Å². The summed E-state index contributed by atoms with van der Waals surface area (Å²) in [6, 6.07) is 8.19. The van der Waals surface area contributed by atoms with Crippen molar-refractivity contribution in [1.29, 1.82) is 0 Å². The maximum Gasteiger partial charge on any atom is 0.258 e. The number of hydrogen-bond acceptors (Lipinski definition) is 3. The van der Waals surface area contributed by atoms with Crippen LogP contribution in [0.2, 0.25) is 0 Å². The summed E-state index contributed by atoms with van der Waals surface area (Å²) in [4.78, 5) is 16.0. The van der Waals surface area contributed by atoms with E-state index in [0.29, 0.717) is 18.3 Å². The predicted octanol–water partition coefficient (Wildman–Crippen LogP) is 2.98. The minimum atomic E-state index is -0.0479. The van der Waals surface area contributed by atoms with Gasteiger partial charge in [0.1, 0.15) is 5.75 Å². The van der Waals surface area contributed by atoms with Crippen LogP contribution in [0.5, 0.6) is 5.75 Å². The van der Waals surface area contributed by atoms with Crippen molar-refractivity contribution in [2.45, 2.75) is 64.0 Å². The summed E-state index contributed by atoms with van der Waals surface area (Å²) in [5.74, 6) is 2.42. The van der Waals surface area contributed by atoms with Crippen molar-refractivity contribution in [2.24, 2.45) is 10.9 Å². The Morgan fingerprint density at radius 3 is 2.75 bits per heavy atom. The number of rotatable bonds is 10. The fourth-order valence-electron chi connectivity index (χ4n) is 3.69. The monoisotopic (exact) mass is 386 g/mol. The Balaban J connectivity index is 1.34. The molecule has 0 saturated heterocycles. The summed E-state index contributed by atoms with van der Waals surface area (Å²) < 4.78 is 5.61. The number of aliphatic imine (C=N–C) groups is 1. The molecule has 6 nitrogen and oxygen atoms in total. The molecule has 0 heterocycles. The lowest BCUT2D eigenvalue weighted by molar-refractivity contribution is -0.123. The zero-order valence-corrected chi connectivity index (χ0v) is 17.0. The van der Waals surface area contributed by atoms with Gasteiger partial charge in [-0.25, -0.2) is 0 Å². The van der Waals surface area contributed by atoms with Crippen LogP contribution in [0.25, 0.3) is 0 Å². The number of benzene rings is 1. The molecule has 2 aliphatic carbocycles. The van der Waals surface area contributed by atoms with Gasteiger partial charge in [-0.05, 0) is 49.3 Å². The maximum atomic E-state index is 11.7. The van der Waals surface area contributed by atoms with E-state index in [0.717, 1.165) is 36.8 Å². The molecule has 1 aromatic rings. The van der Waals surface area contributed by atoms with Crippen LogP contribution in [0.15, 0.2) is 29.3 Å². The smallest absolute Gasteiger partial charge is 0.258 e. The van der Waals surface area contributed by atoms with Crippen molar-refractivity contribution in [3.8, 4) is 5.75 Å². The van der Waals surface area contributed by atoms with E-state index in [1.54, 1.807) is 7.05 Å². The highest BCUT2D eigenvalue weighted by Crippen LogP contribution is 2.28. The summed E-state index contributed by atoms with van der Waals surface area (Å²) in [7, 11) is 1.80. The van der Waals surface area contributed by atoms with E-state index in [2.05, 4.69) is 20.9 Å². The summed E-state index contributed by atoms with van der Waals surface area (Å²) in [6.45, 7) is 1.68. The Bertz CT molecular complexity index is 652. The minimum absolute atomic E-state index is 0.0479. The number of carbonyl (C=O) groups excluding carboxylic acids is 1. The lowest BCUT2D eigenvalue weighted by Crippen LogP contribution is -2.37. The summed E-state index contributed by atoms with van der Waals surface area (Å²) >= 11 is 0. The first-order valence-corrected chi connectivity index (χ1v) is 10.7. The molecule has 28 heavy (non-hydrogen) atoms. The molecule has 2 fully saturated rings. The molecule has 0 aromatic heterocycles. The molecule has 6 heteroatoms. The molecule has 0 spiro atoms. The zero-order chi connectivity index (χ0) is 19.6. The molecule has 0 aliphatic heterocycles. The summed E-state index contributed by atoms with van der Waals surface area (Å²) in [5.41, 5.74) is 1.09. The second-order valence-corrected chi connectivity index (χ2v) is 7.92. The van der Waals surface area contributed by atoms with Gasteiger partial charge in [-0.15, -0.1) is 0 Å². The van der Waals surface area contributed by atoms with E-state index < -0.39 is 0 Å². The van der Waals surface area contributed by atoms with E-state index in [4.69, 9.17) is 4.74 Å². The van der Waals surface area contributed by atoms with E-state index in [9.17, 15) is 4.79 Å². The summed E-state index contributed by atoms with van der Waals surface area (Å²) in [5, 5.41) is 9.67. The number of ether oxygens (including phenoxy) is 1. The molecule has 1 amide bonds. The highest BCUT2D eigenvalue weighted by Gasteiger charge is 2.23. The van der Waals surface area contributed by atoms with Crippen molar-refractivity contribution >= 4 is 11.9 Å². The third-order valence-electron chi connectivity index (χ3n) is 5.45. The topological polar surface area (TPSA) is 74.8 Å². The zero-order valence-electron chi connectivity index (χ0n) is 17.0. The van der Waals surface area contributed by atoms with Crippen LogP contribution in [-0.4, -0.2) is 38.1 Å². The maximum absolute atomic E-state index is 11.7. The van der Waals surface area contributed by atoms with Crippen molar-refractivity contribution < 1.29 is 9.53 Å². The fourth-order valence-corrected chi connectivity index (χ4v) is 3.69. The number of hydrogen-bond donors (Lipinski definition) is 3. The first kappa shape index (κ1) is 20.5.